The molecule has 0 aliphatic heterocycles. The summed E-state index contributed by atoms with van der Waals surface area (Å²) in [5.74, 6) is 1.20. The van der Waals surface area contributed by atoms with Crippen molar-refractivity contribution in [3.8, 4) is 5.75 Å². The molecule has 1 aliphatic rings. The fourth-order valence-corrected chi connectivity index (χ4v) is 2.89. The first-order chi connectivity index (χ1) is 7.61. The monoisotopic (exact) mass is 284 g/mol. The lowest BCUT2D eigenvalue weighted by Gasteiger charge is -2.14. The Morgan fingerprint density at radius 3 is 2.94 bits per heavy atom. The fourth-order valence-electron chi connectivity index (χ4n) is 2.30. The van der Waals surface area contributed by atoms with Crippen molar-refractivity contribution in [1.29, 1.82) is 0 Å². The molecule has 88 valence electrons. The Labute approximate surface area is 105 Å². The van der Waals surface area contributed by atoms with Crippen LogP contribution in [0.4, 0.5) is 0 Å². The van der Waals surface area contributed by atoms with Gasteiger partial charge in [-0.3, -0.25) is 0 Å². The maximum Gasteiger partial charge on any atom is 0.119 e. The quantitative estimate of drug-likeness (QED) is 0.918. The van der Waals surface area contributed by atoms with Gasteiger partial charge >= 0.3 is 0 Å². The minimum absolute atomic E-state index is 0.404. The molecule has 2 nitrogen and oxygen atoms in total. The predicted molar refractivity (Wildman–Crippen MR) is 67.6 cm³/mol. The van der Waals surface area contributed by atoms with Gasteiger partial charge in [-0.1, -0.05) is 29.3 Å². The number of methoxy groups -OCH3 is 1. The zero-order valence-electron chi connectivity index (χ0n) is 9.66. The summed E-state index contributed by atoms with van der Waals surface area (Å²) in [5, 5.41) is 10.5. The lowest BCUT2D eigenvalue weighted by atomic mass is 10.0. The largest absolute Gasteiger partial charge is 0.497 e. The molecule has 1 aliphatic carbocycles. The van der Waals surface area contributed by atoms with Crippen LogP contribution >= 0.6 is 15.9 Å². The molecule has 1 aromatic carbocycles. The Morgan fingerprint density at radius 1 is 1.56 bits per heavy atom. The molecule has 3 heteroatoms. The van der Waals surface area contributed by atoms with Crippen molar-refractivity contribution >= 4 is 15.9 Å². The molecule has 1 N–H and O–H groups in total. The summed E-state index contributed by atoms with van der Waals surface area (Å²) in [7, 11) is 1.65. The van der Waals surface area contributed by atoms with Crippen LogP contribution in [-0.2, 0) is 5.60 Å². The first kappa shape index (κ1) is 11.9. The topological polar surface area (TPSA) is 29.5 Å². The van der Waals surface area contributed by atoms with Gasteiger partial charge in [0.05, 0.1) is 12.7 Å². The average Bonchev–Trinajstić information content (AvgIpc) is 2.92. The molecule has 16 heavy (non-hydrogen) atoms. The number of halogens is 1. The van der Waals surface area contributed by atoms with Gasteiger partial charge in [-0.25, -0.2) is 0 Å². The summed E-state index contributed by atoms with van der Waals surface area (Å²) >= 11 is 3.50. The minimum Gasteiger partial charge on any atom is -0.497 e. The first-order valence-corrected chi connectivity index (χ1v) is 6.47. The Kier molecular flexibility index (Phi) is 3.27. The van der Waals surface area contributed by atoms with Gasteiger partial charge < -0.3 is 9.84 Å². The third-order valence-corrected chi connectivity index (χ3v) is 4.04. The van der Waals surface area contributed by atoms with E-state index in [2.05, 4.69) is 22.9 Å². The number of benzene rings is 1. The predicted octanol–water partition coefficient (Wildman–Crippen LogP) is 3.47. The maximum absolute atomic E-state index is 10.5. The maximum atomic E-state index is 10.5. The van der Waals surface area contributed by atoms with Crippen molar-refractivity contribution in [1.82, 2.24) is 0 Å². The molecule has 0 aromatic heterocycles. The van der Waals surface area contributed by atoms with Gasteiger partial charge in [0.1, 0.15) is 5.75 Å². The summed E-state index contributed by atoms with van der Waals surface area (Å²) in [6, 6.07) is 5.77. The van der Waals surface area contributed by atoms with Gasteiger partial charge in [-0.2, -0.15) is 0 Å². The van der Waals surface area contributed by atoms with E-state index < -0.39 is 5.60 Å². The highest BCUT2D eigenvalue weighted by Crippen LogP contribution is 2.56. The van der Waals surface area contributed by atoms with Gasteiger partial charge in [-0.15, -0.1) is 0 Å². The van der Waals surface area contributed by atoms with E-state index in [1.54, 1.807) is 7.11 Å². The fraction of sp³-hybridized carbons (Fsp3) is 0.538. The Morgan fingerprint density at radius 2 is 2.31 bits per heavy atom. The van der Waals surface area contributed by atoms with E-state index in [0.717, 1.165) is 35.0 Å². The summed E-state index contributed by atoms with van der Waals surface area (Å²) in [6.45, 7) is 2.15. The standard InChI is InChI=1S/C13H17BrO2/c1-3-4-9-8-13(9,15)11-7-10(16-2)5-6-12(11)14/h5-7,9,15H,3-4,8H2,1-2H3. The molecular formula is C13H17BrO2. The number of ether oxygens (including phenoxy) is 1. The highest BCUT2D eigenvalue weighted by molar-refractivity contribution is 9.10. The second-order valence-corrected chi connectivity index (χ2v) is 5.31. The molecule has 2 atom stereocenters. The number of aliphatic hydroxyl groups is 1. The van der Waals surface area contributed by atoms with Crippen LogP contribution < -0.4 is 4.74 Å². The molecular weight excluding hydrogens is 268 g/mol. The molecule has 0 spiro atoms. The SMILES string of the molecule is CCCC1CC1(O)c1cc(OC)ccc1Br. The minimum atomic E-state index is -0.636. The van der Waals surface area contributed by atoms with Gasteiger partial charge in [0.15, 0.2) is 0 Å². The first-order valence-electron chi connectivity index (χ1n) is 5.68. The lowest BCUT2D eigenvalue weighted by molar-refractivity contribution is 0.128. The van der Waals surface area contributed by atoms with Crippen molar-refractivity contribution in [3.63, 3.8) is 0 Å². The van der Waals surface area contributed by atoms with Crippen LogP contribution in [0.1, 0.15) is 31.7 Å². The van der Waals surface area contributed by atoms with E-state index in [1.165, 1.54) is 0 Å². The Hall–Kier alpha value is -0.540. The van der Waals surface area contributed by atoms with E-state index in [9.17, 15) is 5.11 Å². The molecule has 0 radical (unpaired) electrons. The molecule has 1 fully saturated rings. The zero-order chi connectivity index (χ0) is 11.8. The van der Waals surface area contributed by atoms with Crippen LogP contribution in [0.3, 0.4) is 0 Å². The molecule has 0 bridgehead atoms. The smallest absolute Gasteiger partial charge is 0.119 e. The average molecular weight is 285 g/mol. The molecule has 0 heterocycles. The van der Waals surface area contributed by atoms with Crippen LogP contribution in [0.25, 0.3) is 0 Å². The van der Waals surface area contributed by atoms with Gasteiger partial charge in [0.25, 0.3) is 0 Å². The van der Waals surface area contributed by atoms with Crippen LogP contribution in [0.2, 0.25) is 0 Å². The van der Waals surface area contributed by atoms with Crippen molar-refractivity contribution in [2.45, 2.75) is 31.8 Å². The van der Waals surface area contributed by atoms with Crippen LogP contribution in [0.5, 0.6) is 5.75 Å². The van der Waals surface area contributed by atoms with E-state index in [-0.39, 0.29) is 0 Å². The summed E-state index contributed by atoms with van der Waals surface area (Å²) in [4.78, 5) is 0. The Bertz CT molecular complexity index is 392. The third-order valence-electron chi connectivity index (χ3n) is 3.35. The van der Waals surface area contributed by atoms with Crippen molar-refractivity contribution < 1.29 is 9.84 Å². The molecule has 0 saturated heterocycles. The van der Waals surface area contributed by atoms with Crippen LogP contribution in [0, 0.1) is 5.92 Å². The van der Waals surface area contributed by atoms with E-state index in [0.29, 0.717) is 5.92 Å². The van der Waals surface area contributed by atoms with Gasteiger partial charge in [0, 0.05) is 10.0 Å². The number of hydrogen-bond donors (Lipinski definition) is 1. The van der Waals surface area contributed by atoms with E-state index in [1.807, 2.05) is 18.2 Å². The van der Waals surface area contributed by atoms with Crippen molar-refractivity contribution in [3.05, 3.63) is 28.2 Å². The molecule has 2 unspecified atom stereocenters. The van der Waals surface area contributed by atoms with Crippen LogP contribution in [-0.4, -0.2) is 12.2 Å². The number of hydrogen-bond acceptors (Lipinski definition) is 2. The normalized spacial score (nSPS) is 27.9. The van der Waals surface area contributed by atoms with Crippen LogP contribution in [0.15, 0.2) is 22.7 Å². The molecule has 0 amide bonds. The van der Waals surface area contributed by atoms with E-state index in [4.69, 9.17) is 4.74 Å². The zero-order valence-corrected chi connectivity index (χ0v) is 11.3. The summed E-state index contributed by atoms with van der Waals surface area (Å²) in [6.07, 6.45) is 3.07. The highest BCUT2D eigenvalue weighted by Gasteiger charge is 2.54. The summed E-state index contributed by atoms with van der Waals surface area (Å²) in [5.41, 5.74) is 0.328. The Balaban J connectivity index is 2.27. The molecule has 1 aromatic rings. The highest BCUT2D eigenvalue weighted by atomic mass is 79.9. The lowest BCUT2D eigenvalue weighted by Crippen LogP contribution is -2.10. The summed E-state index contributed by atoms with van der Waals surface area (Å²) < 4.78 is 6.16. The molecule has 1 saturated carbocycles. The van der Waals surface area contributed by atoms with Gasteiger partial charge in [-0.05, 0) is 37.0 Å². The molecule has 2 rings (SSSR count). The second-order valence-electron chi connectivity index (χ2n) is 4.46. The van der Waals surface area contributed by atoms with Gasteiger partial charge in [0.2, 0.25) is 0 Å². The third kappa shape index (κ3) is 1.98. The van der Waals surface area contributed by atoms with Crippen molar-refractivity contribution in [2.75, 3.05) is 7.11 Å². The van der Waals surface area contributed by atoms with Crippen molar-refractivity contribution in [2.24, 2.45) is 5.92 Å². The number of rotatable bonds is 4. The second kappa shape index (κ2) is 4.38. The van der Waals surface area contributed by atoms with E-state index >= 15 is 0 Å².